The predicted molar refractivity (Wildman–Crippen MR) is 140 cm³/mol. The Morgan fingerprint density at radius 1 is 1.11 bits per heavy atom. The quantitative estimate of drug-likeness (QED) is 0.498. The van der Waals surface area contributed by atoms with Gasteiger partial charge in [-0.05, 0) is 113 Å². The highest BCUT2D eigenvalue weighted by Crippen LogP contribution is 2.68. The molecule has 1 aromatic rings. The first-order valence-corrected chi connectivity index (χ1v) is 14.5. The van der Waals surface area contributed by atoms with Gasteiger partial charge in [0.1, 0.15) is 0 Å². The summed E-state index contributed by atoms with van der Waals surface area (Å²) in [4.78, 5) is 13.6. The lowest BCUT2D eigenvalue weighted by molar-refractivity contribution is -0.157. The summed E-state index contributed by atoms with van der Waals surface area (Å²) >= 11 is 0. The fourth-order valence-corrected chi connectivity index (χ4v) is 9.40. The molecule has 8 atom stereocenters. The Kier molecular flexibility index (Phi) is 7.08. The number of aromatic nitrogens is 2. The fraction of sp³-hybridized carbons (Fsp3) is 0.867. The molecule has 0 radical (unpaired) electrons. The third-order valence-electron chi connectivity index (χ3n) is 11.3. The number of ketones is 1. The second-order valence-corrected chi connectivity index (χ2v) is 13.5. The zero-order valence-electron chi connectivity index (χ0n) is 23.2. The normalized spacial score (nSPS) is 42.0. The number of methoxy groups -OCH3 is 1. The predicted octanol–water partition coefficient (Wildman–Crippen LogP) is 5.67. The Labute approximate surface area is 217 Å². The van der Waals surface area contributed by atoms with Crippen LogP contribution in [-0.4, -0.2) is 46.1 Å². The second kappa shape index (κ2) is 9.72. The Morgan fingerprint density at radius 2 is 1.89 bits per heavy atom. The molecule has 4 aliphatic carbocycles. The van der Waals surface area contributed by atoms with Crippen LogP contribution in [0.4, 0.5) is 0 Å². The maximum Gasteiger partial charge on any atom is 0.157 e. The number of Topliss-reactive ketones (excluding diaryl/α,β-unsaturated/α-hetero) is 1. The molecule has 202 valence electrons. The first kappa shape index (κ1) is 26.2. The summed E-state index contributed by atoms with van der Waals surface area (Å²) in [6.45, 7) is 9.97. The molecule has 4 aliphatic rings. The summed E-state index contributed by atoms with van der Waals surface area (Å²) in [6.07, 6.45) is 14.5. The van der Waals surface area contributed by atoms with Gasteiger partial charge in [0.25, 0.3) is 0 Å². The van der Waals surface area contributed by atoms with E-state index in [2.05, 4.69) is 18.9 Å². The van der Waals surface area contributed by atoms with Crippen LogP contribution in [0.1, 0.15) is 91.9 Å². The van der Waals surface area contributed by atoms with Gasteiger partial charge in [-0.15, -0.1) is 0 Å². The Bertz CT molecular complexity index is 945. The molecule has 0 aromatic carbocycles. The largest absolute Gasteiger partial charge is 0.488 e. The van der Waals surface area contributed by atoms with Crippen molar-refractivity contribution in [2.45, 2.75) is 110 Å². The maximum atomic E-state index is 13.6. The zero-order valence-corrected chi connectivity index (χ0v) is 23.2. The Balaban J connectivity index is 1.27. The third kappa shape index (κ3) is 4.55. The van der Waals surface area contributed by atoms with Crippen LogP contribution in [0, 0.1) is 40.4 Å². The Hall–Kier alpha value is -1.40. The van der Waals surface area contributed by atoms with Gasteiger partial charge in [-0.2, -0.15) is 5.10 Å². The molecule has 0 aliphatic heterocycles. The molecular formula is C30H48N2O4. The van der Waals surface area contributed by atoms with Crippen molar-refractivity contribution in [1.82, 2.24) is 9.78 Å². The van der Waals surface area contributed by atoms with Crippen molar-refractivity contribution < 1.29 is 19.4 Å². The van der Waals surface area contributed by atoms with E-state index in [4.69, 9.17) is 9.47 Å². The SMILES string of the molecule is COCC[C@@]1(O)CC[C@@]2(C)[C@@H](CC[C@@H]3[C@@H]2CC[C@]2(C)[C@@H](C(=O)Cn4cc(OC(C)C)cn4)CC[C@@H]32)C1. The summed E-state index contributed by atoms with van der Waals surface area (Å²) in [5.41, 5.74) is -0.110. The minimum atomic E-state index is -0.548. The molecule has 0 spiro atoms. The minimum Gasteiger partial charge on any atom is -0.488 e. The number of carbonyl (C=O) groups excluding carboxylic acids is 1. The van der Waals surface area contributed by atoms with E-state index in [1.54, 1.807) is 18.0 Å². The van der Waals surface area contributed by atoms with Gasteiger partial charge in [-0.25, -0.2) is 0 Å². The van der Waals surface area contributed by atoms with E-state index in [1.807, 2.05) is 20.0 Å². The maximum absolute atomic E-state index is 13.6. The van der Waals surface area contributed by atoms with Crippen LogP contribution in [-0.2, 0) is 16.1 Å². The van der Waals surface area contributed by atoms with Crippen LogP contribution >= 0.6 is 0 Å². The number of aliphatic hydroxyl groups is 1. The molecule has 4 fully saturated rings. The molecule has 1 N–H and O–H groups in total. The number of rotatable bonds is 8. The van der Waals surface area contributed by atoms with Gasteiger partial charge in [0, 0.05) is 19.6 Å². The van der Waals surface area contributed by atoms with Gasteiger partial charge in [0.05, 0.1) is 30.6 Å². The lowest BCUT2D eigenvalue weighted by atomic mass is 9.43. The number of nitrogens with zero attached hydrogens (tertiary/aromatic N) is 2. The first-order valence-electron chi connectivity index (χ1n) is 14.5. The Morgan fingerprint density at radius 3 is 2.64 bits per heavy atom. The van der Waals surface area contributed by atoms with Crippen LogP contribution in [0.25, 0.3) is 0 Å². The number of carbonyl (C=O) groups is 1. The standard InChI is InChI=1S/C30H48N2O4/c1-20(2)36-22-17-31-32(18-22)19-27(33)26-9-8-24-23-7-6-21-16-30(34,14-15-35-5)13-12-28(21,3)25(23)10-11-29(24,26)4/h17-18,20-21,23-26,34H,6-16,19H2,1-5H3/t21-,23-,24-,25-,26+,28-,29-,30-/m0/s1. The van der Waals surface area contributed by atoms with Crippen molar-refractivity contribution in [2.75, 3.05) is 13.7 Å². The topological polar surface area (TPSA) is 73.6 Å². The number of fused-ring (bicyclic) bond motifs is 5. The van der Waals surface area contributed by atoms with Crippen LogP contribution in [0.15, 0.2) is 12.4 Å². The molecule has 0 amide bonds. The molecule has 1 aromatic heterocycles. The molecular weight excluding hydrogens is 452 g/mol. The van der Waals surface area contributed by atoms with Crippen molar-refractivity contribution >= 4 is 5.78 Å². The lowest BCUT2D eigenvalue weighted by Gasteiger charge is -2.62. The number of hydrogen-bond acceptors (Lipinski definition) is 5. The van der Waals surface area contributed by atoms with Crippen molar-refractivity contribution in [1.29, 1.82) is 0 Å². The number of ether oxygens (including phenoxy) is 2. The van der Waals surface area contributed by atoms with Gasteiger partial charge < -0.3 is 14.6 Å². The first-order chi connectivity index (χ1) is 17.1. The van der Waals surface area contributed by atoms with Crippen molar-refractivity contribution in [2.24, 2.45) is 40.4 Å². The molecule has 36 heavy (non-hydrogen) atoms. The molecule has 0 saturated heterocycles. The van der Waals surface area contributed by atoms with Crippen LogP contribution in [0.3, 0.4) is 0 Å². The second-order valence-electron chi connectivity index (χ2n) is 13.5. The van der Waals surface area contributed by atoms with Crippen LogP contribution in [0.5, 0.6) is 5.75 Å². The van der Waals surface area contributed by atoms with Gasteiger partial charge in [0.15, 0.2) is 11.5 Å². The highest BCUT2D eigenvalue weighted by atomic mass is 16.5. The molecule has 0 unspecified atom stereocenters. The smallest absolute Gasteiger partial charge is 0.157 e. The van der Waals surface area contributed by atoms with Crippen molar-refractivity contribution in [3.63, 3.8) is 0 Å². The number of hydrogen-bond donors (Lipinski definition) is 1. The van der Waals surface area contributed by atoms with E-state index in [-0.39, 0.29) is 17.4 Å². The highest BCUT2D eigenvalue weighted by Gasteiger charge is 2.62. The van der Waals surface area contributed by atoms with E-state index in [0.717, 1.165) is 56.1 Å². The average molecular weight is 501 g/mol. The molecule has 0 bridgehead atoms. The van der Waals surface area contributed by atoms with Gasteiger partial charge in [-0.1, -0.05) is 13.8 Å². The monoisotopic (exact) mass is 500 g/mol. The molecule has 6 nitrogen and oxygen atoms in total. The molecule has 5 rings (SSSR count). The summed E-state index contributed by atoms with van der Waals surface area (Å²) < 4.78 is 12.8. The van der Waals surface area contributed by atoms with Gasteiger partial charge in [-0.3, -0.25) is 9.48 Å². The van der Waals surface area contributed by atoms with E-state index < -0.39 is 5.60 Å². The molecule has 4 saturated carbocycles. The lowest BCUT2D eigenvalue weighted by Crippen LogP contribution is -2.56. The summed E-state index contributed by atoms with van der Waals surface area (Å²) in [5, 5.41) is 15.7. The zero-order chi connectivity index (χ0) is 25.7. The van der Waals surface area contributed by atoms with E-state index in [0.29, 0.717) is 36.2 Å². The highest BCUT2D eigenvalue weighted by molar-refractivity contribution is 5.82. The molecule has 1 heterocycles. The summed E-state index contributed by atoms with van der Waals surface area (Å²) in [6, 6.07) is 0. The average Bonchev–Trinajstić information content (AvgIpc) is 3.41. The van der Waals surface area contributed by atoms with Crippen LogP contribution in [0.2, 0.25) is 0 Å². The van der Waals surface area contributed by atoms with E-state index >= 15 is 0 Å². The summed E-state index contributed by atoms with van der Waals surface area (Å²) in [5.74, 6) is 3.94. The van der Waals surface area contributed by atoms with E-state index in [1.165, 1.54) is 25.7 Å². The molecule has 6 heteroatoms. The third-order valence-corrected chi connectivity index (χ3v) is 11.3. The van der Waals surface area contributed by atoms with E-state index in [9.17, 15) is 9.90 Å². The van der Waals surface area contributed by atoms with Crippen molar-refractivity contribution in [3.8, 4) is 5.75 Å². The summed E-state index contributed by atoms with van der Waals surface area (Å²) in [7, 11) is 1.73. The minimum absolute atomic E-state index is 0.100. The van der Waals surface area contributed by atoms with Crippen LogP contribution < -0.4 is 4.74 Å². The van der Waals surface area contributed by atoms with Gasteiger partial charge >= 0.3 is 0 Å². The fourth-order valence-electron chi connectivity index (χ4n) is 9.40. The van der Waals surface area contributed by atoms with Crippen molar-refractivity contribution in [3.05, 3.63) is 12.4 Å². The van der Waals surface area contributed by atoms with Gasteiger partial charge in [0.2, 0.25) is 0 Å².